The van der Waals surface area contributed by atoms with Crippen LogP contribution in [0, 0.1) is 5.92 Å². The minimum atomic E-state index is -0.742. The topological polar surface area (TPSA) is 84.9 Å². The molecule has 1 aliphatic rings. The molecule has 1 aliphatic heterocycles. The smallest absolute Gasteiger partial charge is 0.413 e. The van der Waals surface area contributed by atoms with Gasteiger partial charge in [0.1, 0.15) is 0 Å². The second kappa shape index (κ2) is 7.73. The van der Waals surface area contributed by atoms with Gasteiger partial charge < -0.3 is 9.47 Å². The van der Waals surface area contributed by atoms with Gasteiger partial charge in [-0.2, -0.15) is 0 Å². The van der Waals surface area contributed by atoms with Crippen LogP contribution in [0.25, 0.3) is 0 Å². The van der Waals surface area contributed by atoms with Crippen molar-refractivity contribution in [2.75, 3.05) is 33.4 Å². The summed E-state index contributed by atoms with van der Waals surface area (Å²) in [6.45, 7) is 3.15. The molecular weight excluding hydrogens is 252 g/mol. The van der Waals surface area contributed by atoms with Crippen molar-refractivity contribution in [3.05, 3.63) is 0 Å². The standard InChI is InChI=1S/C12H20N2O5/c1-3-19-12(17)13-10(15)8-14-6-4-5-9(7-14)11(16)18-2/h9H,3-8H2,1-2H3,(H,13,15,17)/t9-/m0/s1. The third-order valence-electron chi connectivity index (χ3n) is 2.92. The number of esters is 1. The molecule has 1 heterocycles. The summed E-state index contributed by atoms with van der Waals surface area (Å²) in [5.41, 5.74) is 0. The first-order valence-corrected chi connectivity index (χ1v) is 6.33. The fourth-order valence-corrected chi connectivity index (χ4v) is 2.08. The molecular formula is C12H20N2O5. The predicted molar refractivity (Wildman–Crippen MR) is 66.3 cm³/mol. The first-order valence-electron chi connectivity index (χ1n) is 6.33. The molecule has 1 fully saturated rings. The number of hydrogen-bond acceptors (Lipinski definition) is 6. The molecule has 0 aromatic carbocycles. The lowest BCUT2D eigenvalue weighted by molar-refractivity contribution is -0.147. The fraction of sp³-hybridized carbons (Fsp3) is 0.750. The van der Waals surface area contributed by atoms with E-state index in [9.17, 15) is 14.4 Å². The monoisotopic (exact) mass is 272 g/mol. The summed E-state index contributed by atoms with van der Waals surface area (Å²) in [5.74, 6) is -0.881. The Kier molecular flexibility index (Phi) is 6.27. The maximum Gasteiger partial charge on any atom is 0.413 e. The number of methoxy groups -OCH3 is 1. The van der Waals surface area contributed by atoms with Gasteiger partial charge in [-0.25, -0.2) is 4.79 Å². The Hall–Kier alpha value is -1.63. The van der Waals surface area contributed by atoms with Crippen LogP contribution in [-0.2, 0) is 19.1 Å². The van der Waals surface area contributed by atoms with Crippen LogP contribution in [0.1, 0.15) is 19.8 Å². The van der Waals surface area contributed by atoms with Crippen LogP contribution in [0.5, 0.6) is 0 Å². The fourth-order valence-electron chi connectivity index (χ4n) is 2.08. The van der Waals surface area contributed by atoms with E-state index in [2.05, 4.69) is 10.1 Å². The SMILES string of the molecule is CCOC(=O)NC(=O)CN1CCC[C@H](C(=O)OC)C1. The zero-order valence-electron chi connectivity index (χ0n) is 11.3. The van der Waals surface area contributed by atoms with E-state index in [0.29, 0.717) is 6.54 Å². The summed E-state index contributed by atoms with van der Waals surface area (Å²) in [6, 6.07) is 0. The van der Waals surface area contributed by atoms with Crippen LogP contribution in [0.15, 0.2) is 0 Å². The predicted octanol–water partition coefficient (Wildman–Crippen LogP) is 0.144. The van der Waals surface area contributed by atoms with Crippen molar-refractivity contribution in [3.8, 4) is 0 Å². The molecule has 7 heteroatoms. The summed E-state index contributed by atoms with van der Waals surface area (Å²) < 4.78 is 9.31. The summed E-state index contributed by atoms with van der Waals surface area (Å²) in [5, 5.41) is 2.13. The first kappa shape index (κ1) is 15.4. The number of ether oxygens (including phenoxy) is 2. The van der Waals surface area contributed by atoms with Gasteiger partial charge in [0.15, 0.2) is 0 Å². The molecule has 0 unspecified atom stereocenters. The number of imide groups is 1. The zero-order chi connectivity index (χ0) is 14.3. The molecule has 0 aromatic rings. The molecule has 0 aromatic heterocycles. The molecule has 1 rings (SSSR count). The number of carbonyl (C=O) groups is 3. The normalized spacial score (nSPS) is 19.6. The lowest BCUT2D eigenvalue weighted by Crippen LogP contribution is -2.45. The first-order chi connectivity index (χ1) is 9.06. The minimum Gasteiger partial charge on any atom is -0.469 e. The van der Waals surface area contributed by atoms with Gasteiger partial charge in [0, 0.05) is 6.54 Å². The number of carbonyl (C=O) groups excluding carboxylic acids is 3. The third-order valence-corrected chi connectivity index (χ3v) is 2.92. The number of nitrogens with zero attached hydrogens (tertiary/aromatic N) is 1. The van der Waals surface area contributed by atoms with Gasteiger partial charge in [-0.05, 0) is 26.3 Å². The molecule has 7 nitrogen and oxygen atoms in total. The van der Waals surface area contributed by atoms with E-state index in [-0.39, 0.29) is 25.0 Å². The number of nitrogens with one attached hydrogen (secondary N) is 1. The highest BCUT2D eigenvalue weighted by molar-refractivity contribution is 5.92. The lowest BCUT2D eigenvalue weighted by Gasteiger charge is -2.30. The largest absolute Gasteiger partial charge is 0.469 e. The Bertz CT molecular complexity index is 345. The quantitative estimate of drug-likeness (QED) is 0.733. The Morgan fingerprint density at radius 3 is 2.74 bits per heavy atom. The van der Waals surface area contributed by atoms with E-state index < -0.39 is 12.0 Å². The van der Waals surface area contributed by atoms with Gasteiger partial charge in [-0.3, -0.25) is 19.8 Å². The molecule has 1 atom stereocenters. The van der Waals surface area contributed by atoms with E-state index in [1.54, 1.807) is 6.92 Å². The maximum absolute atomic E-state index is 11.6. The van der Waals surface area contributed by atoms with Crippen LogP contribution in [0.3, 0.4) is 0 Å². The second-order valence-corrected chi connectivity index (χ2v) is 4.37. The molecule has 0 saturated carbocycles. The lowest BCUT2D eigenvalue weighted by atomic mass is 9.98. The summed E-state index contributed by atoms with van der Waals surface area (Å²) in [4.78, 5) is 35.9. The van der Waals surface area contributed by atoms with Gasteiger partial charge in [0.05, 0.1) is 26.2 Å². The number of rotatable bonds is 4. The van der Waals surface area contributed by atoms with Crippen molar-refractivity contribution in [3.63, 3.8) is 0 Å². The third kappa shape index (κ3) is 5.25. The summed E-state index contributed by atoms with van der Waals surface area (Å²) in [6.07, 6.45) is 0.851. The molecule has 19 heavy (non-hydrogen) atoms. The van der Waals surface area contributed by atoms with Crippen LogP contribution in [0.2, 0.25) is 0 Å². The van der Waals surface area contributed by atoms with Crippen LogP contribution < -0.4 is 5.32 Å². The van der Waals surface area contributed by atoms with Gasteiger partial charge >= 0.3 is 12.1 Å². The maximum atomic E-state index is 11.6. The Morgan fingerprint density at radius 2 is 2.11 bits per heavy atom. The molecule has 0 radical (unpaired) electrons. The number of alkyl carbamates (subject to hydrolysis) is 1. The molecule has 2 amide bonds. The van der Waals surface area contributed by atoms with Crippen molar-refractivity contribution >= 4 is 18.0 Å². The molecule has 108 valence electrons. The van der Waals surface area contributed by atoms with E-state index in [1.165, 1.54) is 7.11 Å². The number of piperidine rings is 1. The number of likely N-dealkylation sites (tertiary alicyclic amines) is 1. The molecule has 0 spiro atoms. The number of hydrogen-bond donors (Lipinski definition) is 1. The Balaban J connectivity index is 2.37. The van der Waals surface area contributed by atoms with Crippen molar-refractivity contribution in [1.82, 2.24) is 10.2 Å². The van der Waals surface area contributed by atoms with Gasteiger partial charge in [-0.15, -0.1) is 0 Å². The molecule has 0 aliphatic carbocycles. The van der Waals surface area contributed by atoms with Crippen molar-refractivity contribution in [2.24, 2.45) is 5.92 Å². The van der Waals surface area contributed by atoms with E-state index in [0.717, 1.165) is 19.4 Å². The zero-order valence-corrected chi connectivity index (χ0v) is 11.3. The minimum absolute atomic E-state index is 0.0757. The average Bonchev–Trinajstić information content (AvgIpc) is 2.38. The number of amides is 2. The van der Waals surface area contributed by atoms with Crippen molar-refractivity contribution in [1.29, 1.82) is 0 Å². The molecule has 0 bridgehead atoms. The summed E-state index contributed by atoms with van der Waals surface area (Å²) >= 11 is 0. The summed E-state index contributed by atoms with van der Waals surface area (Å²) in [7, 11) is 1.36. The molecule has 1 N–H and O–H groups in total. The second-order valence-electron chi connectivity index (χ2n) is 4.37. The highest BCUT2D eigenvalue weighted by Crippen LogP contribution is 2.17. The van der Waals surface area contributed by atoms with Crippen LogP contribution >= 0.6 is 0 Å². The van der Waals surface area contributed by atoms with Crippen molar-refractivity contribution < 1.29 is 23.9 Å². The van der Waals surface area contributed by atoms with E-state index in [4.69, 9.17) is 4.74 Å². The Morgan fingerprint density at radius 1 is 1.37 bits per heavy atom. The van der Waals surface area contributed by atoms with Crippen molar-refractivity contribution in [2.45, 2.75) is 19.8 Å². The molecule has 1 saturated heterocycles. The van der Waals surface area contributed by atoms with Gasteiger partial charge in [0.2, 0.25) is 5.91 Å². The highest BCUT2D eigenvalue weighted by atomic mass is 16.5. The van der Waals surface area contributed by atoms with E-state index in [1.807, 2.05) is 4.90 Å². The van der Waals surface area contributed by atoms with Gasteiger partial charge in [-0.1, -0.05) is 0 Å². The highest BCUT2D eigenvalue weighted by Gasteiger charge is 2.27. The Labute approximate surface area is 112 Å². The van der Waals surface area contributed by atoms with E-state index >= 15 is 0 Å². The van der Waals surface area contributed by atoms with Crippen LogP contribution in [-0.4, -0.2) is 56.2 Å². The van der Waals surface area contributed by atoms with Crippen LogP contribution in [0.4, 0.5) is 4.79 Å². The van der Waals surface area contributed by atoms with Gasteiger partial charge in [0.25, 0.3) is 0 Å². The average molecular weight is 272 g/mol.